The molecule has 0 aromatic heterocycles. The zero-order valence-corrected chi connectivity index (χ0v) is 33.5. The fourth-order valence-corrected chi connectivity index (χ4v) is 5.76. The number of rotatable bonds is 38. The molecule has 0 saturated carbocycles. The van der Waals surface area contributed by atoms with Gasteiger partial charge in [-0.15, -0.1) is 0 Å². The summed E-state index contributed by atoms with van der Waals surface area (Å²) < 4.78 is 20.2. The van der Waals surface area contributed by atoms with Crippen molar-refractivity contribution in [2.45, 2.75) is 220 Å². The van der Waals surface area contributed by atoms with E-state index in [4.69, 9.17) is 18.9 Å². The predicted octanol–water partition coefficient (Wildman–Crippen LogP) is 10.8. The summed E-state index contributed by atoms with van der Waals surface area (Å²) >= 11 is 0. The molecule has 8 nitrogen and oxygen atoms in total. The molecule has 300 valence electrons. The van der Waals surface area contributed by atoms with Gasteiger partial charge in [0, 0.05) is 27.1 Å². The Morgan fingerprint density at radius 2 is 0.600 bits per heavy atom. The van der Waals surface area contributed by atoms with Gasteiger partial charge in [-0.1, -0.05) is 181 Å². The van der Waals surface area contributed by atoms with Crippen LogP contribution in [0.2, 0.25) is 0 Å². The summed E-state index contributed by atoms with van der Waals surface area (Å²) in [6.45, 7) is 9.09. The maximum absolute atomic E-state index is 10.6. The Hall–Kier alpha value is -1.22. The van der Waals surface area contributed by atoms with Crippen LogP contribution in [0.4, 0.5) is 0 Å². The highest BCUT2D eigenvalue weighted by Crippen LogP contribution is 2.14. The first-order valence-electron chi connectivity index (χ1n) is 21.1. The molecule has 0 amide bonds. The molecule has 2 N–H and O–H groups in total. The minimum Gasteiger partial charge on any atom is -0.463 e. The summed E-state index contributed by atoms with van der Waals surface area (Å²) in [4.78, 5) is 21.2. The van der Waals surface area contributed by atoms with Crippen molar-refractivity contribution in [2.75, 3.05) is 39.6 Å². The number of ether oxygens (including phenoxy) is 4. The molecule has 0 saturated heterocycles. The molecule has 2 atom stereocenters. The largest absolute Gasteiger partial charge is 0.463 e. The van der Waals surface area contributed by atoms with Gasteiger partial charge < -0.3 is 29.2 Å². The van der Waals surface area contributed by atoms with Crippen molar-refractivity contribution in [3.8, 4) is 0 Å². The second-order valence-electron chi connectivity index (χ2n) is 14.3. The molecule has 0 aliphatic rings. The summed E-state index contributed by atoms with van der Waals surface area (Å²) in [6.07, 6.45) is 36.2. The molecule has 0 fully saturated rings. The van der Waals surface area contributed by atoms with Crippen LogP contribution < -0.4 is 0 Å². The molecular weight excluding hydrogens is 632 g/mol. The van der Waals surface area contributed by atoms with E-state index in [0.29, 0.717) is 13.2 Å². The first kappa shape index (κ1) is 50.9. The van der Waals surface area contributed by atoms with E-state index < -0.39 is 12.2 Å². The van der Waals surface area contributed by atoms with Gasteiger partial charge in [-0.2, -0.15) is 0 Å². The maximum atomic E-state index is 10.6. The van der Waals surface area contributed by atoms with E-state index in [0.717, 1.165) is 12.8 Å². The number of aliphatic hydroxyl groups excluding tert-OH is 2. The average molecular weight is 717 g/mol. The number of hydrogen-bond acceptors (Lipinski definition) is 8. The van der Waals surface area contributed by atoms with Crippen LogP contribution in [-0.4, -0.2) is 74.0 Å². The highest BCUT2D eigenvalue weighted by molar-refractivity contribution is 5.66. The SMILES string of the molecule is CCCCCCCCCCCCCCCCOCC(O)COC(C)=O.CCCCCCCCCCCCCCCCOCC(O)COC(C)=O. The lowest BCUT2D eigenvalue weighted by Crippen LogP contribution is -2.23. The monoisotopic (exact) mass is 717 g/mol. The van der Waals surface area contributed by atoms with E-state index in [9.17, 15) is 19.8 Å². The number of aliphatic hydroxyl groups is 2. The van der Waals surface area contributed by atoms with Crippen molar-refractivity contribution in [1.29, 1.82) is 0 Å². The Morgan fingerprint density at radius 3 is 0.820 bits per heavy atom. The van der Waals surface area contributed by atoms with Crippen molar-refractivity contribution in [3.63, 3.8) is 0 Å². The van der Waals surface area contributed by atoms with Crippen LogP contribution in [0.15, 0.2) is 0 Å². The molecule has 0 heterocycles. The fourth-order valence-electron chi connectivity index (χ4n) is 5.76. The number of carbonyl (C=O) groups excluding carboxylic acids is 2. The van der Waals surface area contributed by atoms with Crippen molar-refractivity contribution in [2.24, 2.45) is 0 Å². The van der Waals surface area contributed by atoms with Crippen LogP contribution in [0.3, 0.4) is 0 Å². The lowest BCUT2D eigenvalue weighted by Gasteiger charge is -2.10. The van der Waals surface area contributed by atoms with E-state index in [1.807, 2.05) is 0 Å². The van der Waals surface area contributed by atoms with Gasteiger partial charge in [-0.25, -0.2) is 0 Å². The zero-order valence-electron chi connectivity index (χ0n) is 33.5. The molecule has 2 unspecified atom stereocenters. The van der Waals surface area contributed by atoms with Gasteiger partial charge in [0.15, 0.2) is 0 Å². The number of hydrogen-bond donors (Lipinski definition) is 2. The van der Waals surface area contributed by atoms with E-state index in [2.05, 4.69) is 13.8 Å². The normalized spacial score (nSPS) is 12.3. The lowest BCUT2D eigenvalue weighted by atomic mass is 10.0. The van der Waals surface area contributed by atoms with Crippen LogP contribution in [0.5, 0.6) is 0 Å². The summed E-state index contributed by atoms with van der Waals surface area (Å²) in [5, 5.41) is 19.0. The van der Waals surface area contributed by atoms with Crippen molar-refractivity contribution >= 4 is 11.9 Å². The Labute approximate surface area is 309 Å². The number of unbranched alkanes of at least 4 members (excludes halogenated alkanes) is 26. The van der Waals surface area contributed by atoms with Gasteiger partial charge in [-0.3, -0.25) is 9.59 Å². The standard InChI is InChI=1S/2C21H42O4/c2*1-3-4-5-6-7-8-9-10-11-12-13-14-15-16-17-24-18-21(23)19-25-20(2)22/h2*21,23H,3-19H2,1-2H3. The molecule has 0 rings (SSSR count). The van der Waals surface area contributed by atoms with Crippen molar-refractivity contribution in [1.82, 2.24) is 0 Å². The van der Waals surface area contributed by atoms with Crippen LogP contribution in [0, 0.1) is 0 Å². The van der Waals surface area contributed by atoms with E-state index in [1.54, 1.807) is 0 Å². The van der Waals surface area contributed by atoms with Crippen LogP contribution in [0.25, 0.3) is 0 Å². The highest BCUT2D eigenvalue weighted by atomic mass is 16.6. The molecule has 0 bridgehead atoms. The molecule has 0 spiro atoms. The minimum atomic E-state index is -0.712. The molecule has 0 radical (unpaired) electrons. The topological polar surface area (TPSA) is 112 Å². The van der Waals surface area contributed by atoms with Gasteiger partial charge in [0.1, 0.15) is 25.4 Å². The first-order valence-corrected chi connectivity index (χ1v) is 21.1. The van der Waals surface area contributed by atoms with Crippen LogP contribution in [0.1, 0.15) is 207 Å². The smallest absolute Gasteiger partial charge is 0.302 e. The molecular formula is C42H84O8. The van der Waals surface area contributed by atoms with Crippen molar-refractivity contribution in [3.05, 3.63) is 0 Å². The van der Waals surface area contributed by atoms with Crippen LogP contribution >= 0.6 is 0 Å². The molecule has 0 aliphatic heterocycles. The Bertz CT molecular complexity index is 618. The van der Waals surface area contributed by atoms with Gasteiger partial charge >= 0.3 is 11.9 Å². The van der Waals surface area contributed by atoms with Gasteiger partial charge in [0.2, 0.25) is 0 Å². The second-order valence-corrected chi connectivity index (χ2v) is 14.3. The summed E-state index contributed by atoms with van der Waals surface area (Å²) in [5.74, 6) is -0.739. The molecule has 0 aromatic carbocycles. The summed E-state index contributed by atoms with van der Waals surface area (Å²) in [6, 6.07) is 0. The summed E-state index contributed by atoms with van der Waals surface area (Å²) in [7, 11) is 0. The summed E-state index contributed by atoms with van der Waals surface area (Å²) in [5.41, 5.74) is 0. The Morgan fingerprint density at radius 1 is 0.380 bits per heavy atom. The first-order chi connectivity index (χ1) is 24.3. The average Bonchev–Trinajstić information content (AvgIpc) is 3.09. The molecule has 50 heavy (non-hydrogen) atoms. The van der Waals surface area contributed by atoms with E-state index in [-0.39, 0.29) is 38.4 Å². The lowest BCUT2D eigenvalue weighted by molar-refractivity contribution is -0.145. The van der Waals surface area contributed by atoms with E-state index >= 15 is 0 Å². The van der Waals surface area contributed by atoms with Gasteiger partial charge in [0.25, 0.3) is 0 Å². The second kappa shape index (κ2) is 43.9. The van der Waals surface area contributed by atoms with Gasteiger partial charge in [-0.05, 0) is 12.8 Å². The maximum Gasteiger partial charge on any atom is 0.302 e. The highest BCUT2D eigenvalue weighted by Gasteiger charge is 2.07. The minimum absolute atomic E-state index is 0.0219. The quantitative estimate of drug-likeness (QED) is 0.0480. The number of esters is 2. The molecule has 0 aliphatic carbocycles. The van der Waals surface area contributed by atoms with Crippen molar-refractivity contribution < 1.29 is 38.7 Å². The third-order valence-electron chi connectivity index (χ3n) is 8.86. The Balaban J connectivity index is 0. The van der Waals surface area contributed by atoms with E-state index in [1.165, 1.54) is 181 Å². The fraction of sp³-hybridized carbons (Fsp3) is 0.952. The van der Waals surface area contributed by atoms with Gasteiger partial charge in [0.05, 0.1) is 13.2 Å². The van der Waals surface area contributed by atoms with Crippen LogP contribution in [-0.2, 0) is 28.5 Å². The zero-order chi connectivity index (χ0) is 37.2. The number of carbonyl (C=O) groups is 2. The third kappa shape index (κ3) is 48.9. The molecule has 0 aromatic rings. The third-order valence-corrected chi connectivity index (χ3v) is 8.86. The Kier molecular flexibility index (Phi) is 44.7. The molecule has 8 heteroatoms. The predicted molar refractivity (Wildman–Crippen MR) is 208 cm³/mol.